The van der Waals surface area contributed by atoms with Crippen LogP contribution in [0.25, 0.3) is 0 Å². The molecule has 3 N–H and O–H groups in total. The lowest BCUT2D eigenvalue weighted by atomic mass is 9.96. The highest BCUT2D eigenvalue weighted by atomic mass is 16.7. The summed E-state index contributed by atoms with van der Waals surface area (Å²) in [6.45, 7) is 2.79. The molecular weight excluding hydrogens is 422 g/mol. The average Bonchev–Trinajstić information content (AvgIpc) is 3.31. The number of piperidine rings is 1. The number of nitrogens with one attached hydrogen (secondary N) is 2. The van der Waals surface area contributed by atoms with Crippen LogP contribution in [-0.2, 0) is 19.1 Å². The fraction of sp³-hybridized carbons (Fsp3) is 0.571. The molecule has 3 rings (SSSR count). The van der Waals surface area contributed by atoms with Crippen LogP contribution in [0.1, 0.15) is 23.2 Å². The van der Waals surface area contributed by atoms with E-state index in [4.69, 9.17) is 28.8 Å². The first kappa shape index (κ1) is 25.4. The van der Waals surface area contributed by atoms with Crippen LogP contribution in [-0.4, -0.2) is 88.7 Å². The molecule has 2 heterocycles. The normalized spacial score (nSPS) is 17.1. The van der Waals surface area contributed by atoms with Gasteiger partial charge in [0.2, 0.25) is 5.91 Å². The van der Waals surface area contributed by atoms with Gasteiger partial charge in [-0.1, -0.05) is 0 Å². The number of benzene rings is 1. The molecule has 1 aromatic rings. The Morgan fingerprint density at radius 2 is 1.81 bits per heavy atom. The van der Waals surface area contributed by atoms with E-state index in [1.165, 1.54) is 14.2 Å². The number of likely N-dealkylation sites (tertiary alicyclic amines) is 1. The molecule has 178 valence electrons. The summed E-state index contributed by atoms with van der Waals surface area (Å²) in [5, 5.41) is 12.6. The molecule has 2 aliphatic rings. The second-order valence-corrected chi connectivity index (χ2v) is 7.31. The van der Waals surface area contributed by atoms with Gasteiger partial charge in [-0.25, -0.2) is 0 Å². The maximum atomic E-state index is 12.8. The number of hydrogen-bond donors (Lipinski definition) is 3. The highest BCUT2D eigenvalue weighted by Gasteiger charge is 2.26. The van der Waals surface area contributed by atoms with Gasteiger partial charge < -0.3 is 39.6 Å². The van der Waals surface area contributed by atoms with Crippen molar-refractivity contribution in [1.82, 2.24) is 10.2 Å². The van der Waals surface area contributed by atoms with E-state index < -0.39 is 6.29 Å². The molecular formula is C21H31N3O8. The van der Waals surface area contributed by atoms with Crippen molar-refractivity contribution in [1.29, 1.82) is 0 Å². The molecule has 32 heavy (non-hydrogen) atoms. The number of ether oxygens (including phenoxy) is 4. The zero-order valence-corrected chi connectivity index (χ0v) is 18.6. The summed E-state index contributed by atoms with van der Waals surface area (Å²) < 4.78 is 21.5. The fourth-order valence-electron chi connectivity index (χ4n) is 3.50. The van der Waals surface area contributed by atoms with Crippen molar-refractivity contribution in [3.63, 3.8) is 0 Å². The number of amides is 2. The Bertz CT molecular complexity index is 775. The van der Waals surface area contributed by atoms with Crippen molar-refractivity contribution in [3.8, 4) is 11.5 Å². The molecule has 2 aliphatic heterocycles. The van der Waals surface area contributed by atoms with Gasteiger partial charge in [0.1, 0.15) is 0 Å². The third-order valence-corrected chi connectivity index (χ3v) is 5.21. The Morgan fingerprint density at radius 3 is 2.38 bits per heavy atom. The van der Waals surface area contributed by atoms with Crippen molar-refractivity contribution in [2.75, 3.05) is 59.4 Å². The zero-order chi connectivity index (χ0) is 23.5. The number of carboxylic acid groups (broad SMARTS) is 1. The Morgan fingerprint density at radius 1 is 1.19 bits per heavy atom. The van der Waals surface area contributed by atoms with E-state index in [-0.39, 0.29) is 30.7 Å². The van der Waals surface area contributed by atoms with Gasteiger partial charge in [0.15, 0.2) is 17.8 Å². The third kappa shape index (κ3) is 7.08. The molecule has 0 aromatic heterocycles. The van der Waals surface area contributed by atoms with Crippen LogP contribution < -0.4 is 20.1 Å². The minimum atomic E-state index is -0.442. The summed E-state index contributed by atoms with van der Waals surface area (Å²) in [6, 6.07) is 3.18. The zero-order valence-electron chi connectivity index (χ0n) is 18.6. The van der Waals surface area contributed by atoms with Gasteiger partial charge in [0, 0.05) is 11.5 Å². The van der Waals surface area contributed by atoms with Gasteiger partial charge in [-0.15, -0.1) is 0 Å². The molecule has 0 aliphatic carbocycles. The van der Waals surface area contributed by atoms with Gasteiger partial charge in [0.25, 0.3) is 12.4 Å². The van der Waals surface area contributed by atoms with Crippen LogP contribution in [0.3, 0.4) is 0 Å². The van der Waals surface area contributed by atoms with Crippen LogP contribution >= 0.6 is 0 Å². The molecule has 0 spiro atoms. The first-order valence-corrected chi connectivity index (χ1v) is 10.3. The molecule has 0 unspecified atom stereocenters. The van der Waals surface area contributed by atoms with E-state index >= 15 is 0 Å². The molecule has 2 amide bonds. The largest absolute Gasteiger partial charge is 0.493 e. The van der Waals surface area contributed by atoms with Gasteiger partial charge in [-0.05, 0) is 45.1 Å². The van der Waals surface area contributed by atoms with Gasteiger partial charge in [0.05, 0.1) is 39.7 Å². The molecule has 2 saturated heterocycles. The number of carbonyl (C=O) groups excluding carboxylic acids is 2. The number of hydrogen-bond acceptors (Lipinski definition) is 8. The number of nitrogens with zero attached hydrogens (tertiary/aromatic N) is 1. The van der Waals surface area contributed by atoms with Crippen LogP contribution in [0.15, 0.2) is 12.1 Å². The van der Waals surface area contributed by atoms with Crippen molar-refractivity contribution >= 4 is 24.0 Å². The molecule has 2 fully saturated rings. The standard InChI is InChI=1S/C20H29N3O6.CH2O2/c1-23-6-4-13(5-7-23)20(25)22-15-10-14(11-16(26-2)18(15)27-3)19(24)21-12-17-28-8-9-29-17;2-1-3/h10-11,13,17H,4-9,12H2,1-3H3,(H,21,24)(H,22,25);1H,(H,2,3). The summed E-state index contributed by atoms with van der Waals surface area (Å²) in [5.41, 5.74) is 0.758. The lowest BCUT2D eigenvalue weighted by Gasteiger charge is -2.28. The summed E-state index contributed by atoms with van der Waals surface area (Å²) in [7, 11) is 5.03. The number of anilines is 1. The molecule has 11 heteroatoms. The Balaban J connectivity index is 0.00000114. The molecule has 0 bridgehead atoms. The maximum Gasteiger partial charge on any atom is 0.290 e. The quantitative estimate of drug-likeness (QED) is 0.512. The average molecular weight is 453 g/mol. The number of methoxy groups -OCH3 is 2. The lowest BCUT2D eigenvalue weighted by Crippen LogP contribution is -2.36. The van der Waals surface area contributed by atoms with E-state index in [0.717, 1.165) is 25.9 Å². The van der Waals surface area contributed by atoms with Gasteiger partial charge >= 0.3 is 0 Å². The predicted octanol–water partition coefficient (Wildman–Crippen LogP) is 0.788. The summed E-state index contributed by atoms with van der Waals surface area (Å²) in [6.07, 6.45) is 1.15. The third-order valence-electron chi connectivity index (χ3n) is 5.21. The van der Waals surface area contributed by atoms with Gasteiger partial charge in [-0.3, -0.25) is 14.4 Å². The molecule has 11 nitrogen and oxygen atoms in total. The predicted molar refractivity (Wildman–Crippen MR) is 115 cm³/mol. The van der Waals surface area contributed by atoms with Crippen LogP contribution in [0.4, 0.5) is 5.69 Å². The molecule has 0 radical (unpaired) electrons. The highest BCUT2D eigenvalue weighted by Crippen LogP contribution is 2.37. The summed E-state index contributed by atoms with van der Waals surface area (Å²) in [4.78, 5) is 35.9. The lowest BCUT2D eigenvalue weighted by molar-refractivity contribution is -0.123. The fourth-order valence-corrected chi connectivity index (χ4v) is 3.50. The maximum absolute atomic E-state index is 12.8. The van der Waals surface area contributed by atoms with Crippen molar-refractivity contribution in [2.45, 2.75) is 19.1 Å². The minimum absolute atomic E-state index is 0.0731. The van der Waals surface area contributed by atoms with Crippen molar-refractivity contribution < 1.29 is 38.4 Å². The first-order valence-electron chi connectivity index (χ1n) is 10.3. The number of rotatable bonds is 7. The topological polar surface area (TPSA) is 136 Å². The Kier molecular flexibility index (Phi) is 10.2. The summed E-state index contributed by atoms with van der Waals surface area (Å²) in [5.74, 6) is 0.277. The van der Waals surface area contributed by atoms with E-state index in [0.29, 0.717) is 36.0 Å². The molecule has 0 saturated carbocycles. The van der Waals surface area contributed by atoms with Gasteiger partial charge in [-0.2, -0.15) is 0 Å². The monoisotopic (exact) mass is 453 g/mol. The van der Waals surface area contributed by atoms with Crippen LogP contribution in [0.2, 0.25) is 0 Å². The SMILES string of the molecule is COc1cc(C(=O)NCC2OCCO2)cc(NC(=O)C2CCN(C)CC2)c1OC.O=CO. The van der Waals surface area contributed by atoms with E-state index in [2.05, 4.69) is 15.5 Å². The Hall–Kier alpha value is -2.89. The Labute approximate surface area is 186 Å². The minimum Gasteiger partial charge on any atom is -0.493 e. The highest BCUT2D eigenvalue weighted by molar-refractivity contribution is 6.00. The second kappa shape index (κ2) is 12.8. The van der Waals surface area contributed by atoms with Crippen LogP contribution in [0, 0.1) is 5.92 Å². The van der Waals surface area contributed by atoms with E-state index in [9.17, 15) is 9.59 Å². The van der Waals surface area contributed by atoms with Crippen molar-refractivity contribution in [2.24, 2.45) is 5.92 Å². The number of carbonyl (C=O) groups is 3. The smallest absolute Gasteiger partial charge is 0.290 e. The van der Waals surface area contributed by atoms with E-state index in [1.54, 1.807) is 12.1 Å². The van der Waals surface area contributed by atoms with Crippen LogP contribution in [0.5, 0.6) is 11.5 Å². The molecule has 1 aromatic carbocycles. The molecule has 0 atom stereocenters. The first-order chi connectivity index (χ1) is 15.4. The van der Waals surface area contributed by atoms with Crippen molar-refractivity contribution in [3.05, 3.63) is 17.7 Å². The second-order valence-electron chi connectivity index (χ2n) is 7.31. The summed E-state index contributed by atoms with van der Waals surface area (Å²) >= 11 is 0. The van der Waals surface area contributed by atoms with E-state index in [1.807, 2.05) is 7.05 Å².